The summed E-state index contributed by atoms with van der Waals surface area (Å²) in [6, 6.07) is 0. The Labute approximate surface area is 129 Å². The van der Waals surface area contributed by atoms with Crippen LogP contribution in [0.2, 0.25) is 0 Å². The molecule has 1 aliphatic heterocycles. The van der Waals surface area contributed by atoms with Gasteiger partial charge in [0.15, 0.2) is 5.03 Å². The van der Waals surface area contributed by atoms with E-state index < -0.39 is 10.0 Å². The molecular formula is C13H18N6O2S. The van der Waals surface area contributed by atoms with Gasteiger partial charge in [-0.25, -0.2) is 23.4 Å². The summed E-state index contributed by atoms with van der Waals surface area (Å²) >= 11 is 0. The van der Waals surface area contributed by atoms with Gasteiger partial charge in [-0.3, -0.25) is 0 Å². The number of nitrogen functional groups attached to an aromatic ring is 1. The maximum absolute atomic E-state index is 12.7. The Balaban J connectivity index is 1.94. The number of sulfonamides is 1. The normalized spacial score (nSPS) is 15.5. The van der Waals surface area contributed by atoms with Crippen LogP contribution in [-0.2, 0) is 30.2 Å². The van der Waals surface area contributed by atoms with Crippen LogP contribution < -0.4 is 5.73 Å². The standard InChI is InChI=1S/C13H18N6O2S/c1-8(2)12-17-11(7-18(12)3)22(20,21)19-5-9-4-15-13(14)16-10(9)6-19/h4,7-8H,5-6H2,1-3H3,(H2,14,15,16). The van der Waals surface area contributed by atoms with Gasteiger partial charge in [-0.05, 0) is 0 Å². The molecule has 0 atom stereocenters. The Hall–Kier alpha value is -2.00. The Morgan fingerprint density at radius 2 is 2.00 bits per heavy atom. The quantitative estimate of drug-likeness (QED) is 0.887. The first kappa shape index (κ1) is 14.9. The molecule has 8 nitrogen and oxygen atoms in total. The molecule has 9 heteroatoms. The molecule has 0 fully saturated rings. The van der Waals surface area contributed by atoms with Gasteiger partial charge in [-0.1, -0.05) is 13.8 Å². The number of nitrogens with two attached hydrogens (primary N) is 1. The molecule has 0 saturated heterocycles. The highest BCUT2D eigenvalue weighted by molar-refractivity contribution is 7.89. The second-order valence-corrected chi connectivity index (χ2v) is 7.56. The number of aromatic nitrogens is 4. The molecule has 0 radical (unpaired) electrons. The summed E-state index contributed by atoms with van der Waals surface area (Å²) in [5, 5.41) is 0.0624. The summed E-state index contributed by atoms with van der Waals surface area (Å²) in [7, 11) is -1.86. The topological polar surface area (TPSA) is 107 Å². The van der Waals surface area contributed by atoms with Crippen molar-refractivity contribution in [3.8, 4) is 0 Å². The minimum absolute atomic E-state index is 0.0624. The largest absolute Gasteiger partial charge is 0.368 e. The van der Waals surface area contributed by atoms with Crippen LogP contribution in [0.4, 0.5) is 5.95 Å². The van der Waals surface area contributed by atoms with Crippen LogP contribution in [0.5, 0.6) is 0 Å². The molecule has 2 N–H and O–H groups in total. The Morgan fingerprint density at radius 3 is 2.64 bits per heavy atom. The number of rotatable bonds is 3. The summed E-state index contributed by atoms with van der Waals surface area (Å²) < 4.78 is 28.6. The molecular weight excluding hydrogens is 304 g/mol. The predicted octanol–water partition coefficient (Wildman–Crippen LogP) is 0.620. The first-order chi connectivity index (χ1) is 10.3. The summed E-state index contributed by atoms with van der Waals surface area (Å²) in [4.78, 5) is 12.3. The van der Waals surface area contributed by atoms with Crippen molar-refractivity contribution in [1.82, 2.24) is 23.8 Å². The van der Waals surface area contributed by atoms with Gasteiger partial charge in [0, 0.05) is 37.5 Å². The van der Waals surface area contributed by atoms with E-state index >= 15 is 0 Å². The third kappa shape index (κ3) is 2.35. The van der Waals surface area contributed by atoms with E-state index in [9.17, 15) is 8.42 Å². The monoisotopic (exact) mass is 322 g/mol. The van der Waals surface area contributed by atoms with Crippen molar-refractivity contribution in [1.29, 1.82) is 0 Å². The average molecular weight is 322 g/mol. The number of anilines is 1. The van der Waals surface area contributed by atoms with Crippen LogP contribution in [-0.4, -0.2) is 32.2 Å². The molecule has 0 aromatic carbocycles. The van der Waals surface area contributed by atoms with Gasteiger partial charge >= 0.3 is 0 Å². The Morgan fingerprint density at radius 1 is 1.27 bits per heavy atom. The number of nitrogens with zero attached hydrogens (tertiary/aromatic N) is 5. The van der Waals surface area contributed by atoms with Crippen LogP contribution >= 0.6 is 0 Å². The van der Waals surface area contributed by atoms with Crippen molar-refractivity contribution < 1.29 is 8.42 Å². The van der Waals surface area contributed by atoms with Gasteiger partial charge in [-0.2, -0.15) is 4.31 Å². The van der Waals surface area contributed by atoms with E-state index in [4.69, 9.17) is 5.73 Å². The zero-order valence-electron chi connectivity index (χ0n) is 12.7. The smallest absolute Gasteiger partial charge is 0.262 e. The summed E-state index contributed by atoms with van der Waals surface area (Å²) in [5.74, 6) is 1.03. The third-order valence-corrected chi connectivity index (χ3v) is 5.32. The van der Waals surface area contributed by atoms with E-state index in [1.165, 1.54) is 4.31 Å². The molecule has 2 aromatic rings. The number of aryl methyl sites for hydroxylation is 1. The number of hydrogen-bond acceptors (Lipinski definition) is 6. The molecule has 0 aliphatic carbocycles. The lowest BCUT2D eigenvalue weighted by atomic mass is 10.2. The average Bonchev–Trinajstić information content (AvgIpc) is 3.02. The lowest BCUT2D eigenvalue weighted by Gasteiger charge is -2.12. The lowest BCUT2D eigenvalue weighted by Crippen LogP contribution is -2.26. The fourth-order valence-electron chi connectivity index (χ4n) is 2.55. The minimum Gasteiger partial charge on any atom is -0.368 e. The lowest BCUT2D eigenvalue weighted by molar-refractivity contribution is 0.427. The SMILES string of the molecule is CC(C)c1nc(S(=O)(=O)N2Cc3cnc(N)nc3C2)cn1C. The van der Waals surface area contributed by atoms with Gasteiger partial charge in [0.2, 0.25) is 5.95 Å². The summed E-state index contributed by atoms with van der Waals surface area (Å²) in [6.07, 6.45) is 3.12. The van der Waals surface area contributed by atoms with Crippen molar-refractivity contribution in [2.24, 2.45) is 7.05 Å². The molecule has 0 amide bonds. The van der Waals surface area contributed by atoms with Crippen LogP contribution in [0.15, 0.2) is 17.4 Å². The molecule has 0 unspecified atom stereocenters. The molecule has 0 bridgehead atoms. The molecule has 0 spiro atoms. The first-order valence-corrected chi connectivity index (χ1v) is 8.36. The van der Waals surface area contributed by atoms with E-state index in [-0.39, 0.29) is 30.0 Å². The number of hydrogen-bond donors (Lipinski definition) is 1. The van der Waals surface area contributed by atoms with Crippen molar-refractivity contribution in [3.63, 3.8) is 0 Å². The maximum Gasteiger partial charge on any atom is 0.262 e. The van der Waals surface area contributed by atoms with Crippen LogP contribution in [0.3, 0.4) is 0 Å². The van der Waals surface area contributed by atoms with Gasteiger partial charge in [0.1, 0.15) is 5.82 Å². The van der Waals surface area contributed by atoms with Crippen LogP contribution in [0.25, 0.3) is 0 Å². The second-order valence-electron chi connectivity index (χ2n) is 5.68. The molecule has 1 aliphatic rings. The molecule has 0 saturated carbocycles. The van der Waals surface area contributed by atoms with Crippen LogP contribution in [0, 0.1) is 0 Å². The Bertz CT molecular complexity index is 827. The molecule has 22 heavy (non-hydrogen) atoms. The highest BCUT2D eigenvalue weighted by atomic mass is 32.2. The van der Waals surface area contributed by atoms with E-state index in [1.807, 2.05) is 13.8 Å². The van der Waals surface area contributed by atoms with E-state index in [2.05, 4.69) is 15.0 Å². The minimum atomic E-state index is -3.66. The highest BCUT2D eigenvalue weighted by Gasteiger charge is 2.34. The van der Waals surface area contributed by atoms with Crippen LogP contribution in [0.1, 0.15) is 36.8 Å². The third-order valence-electron chi connectivity index (χ3n) is 3.66. The zero-order chi connectivity index (χ0) is 16.1. The van der Waals surface area contributed by atoms with Crippen molar-refractivity contribution >= 4 is 16.0 Å². The predicted molar refractivity (Wildman–Crippen MR) is 80.2 cm³/mol. The summed E-state index contributed by atoms with van der Waals surface area (Å²) in [6.45, 7) is 4.38. The van der Waals surface area contributed by atoms with Gasteiger partial charge in [-0.15, -0.1) is 0 Å². The van der Waals surface area contributed by atoms with E-state index in [0.29, 0.717) is 5.69 Å². The van der Waals surface area contributed by atoms with Crippen molar-refractivity contribution in [2.75, 3.05) is 5.73 Å². The molecule has 3 heterocycles. The molecule has 3 rings (SSSR count). The van der Waals surface area contributed by atoms with Gasteiger partial charge < -0.3 is 10.3 Å². The van der Waals surface area contributed by atoms with Crippen molar-refractivity contribution in [3.05, 3.63) is 29.5 Å². The van der Waals surface area contributed by atoms with Gasteiger partial charge in [0.05, 0.1) is 12.2 Å². The number of imidazole rings is 1. The Kier molecular flexibility index (Phi) is 3.41. The van der Waals surface area contributed by atoms with E-state index in [1.54, 1.807) is 24.0 Å². The van der Waals surface area contributed by atoms with E-state index in [0.717, 1.165) is 11.4 Å². The summed E-state index contributed by atoms with van der Waals surface area (Å²) in [5.41, 5.74) is 6.97. The molecule has 2 aromatic heterocycles. The number of fused-ring (bicyclic) bond motifs is 1. The fourth-order valence-corrected chi connectivity index (χ4v) is 3.92. The highest BCUT2D eigenvalue weighted by Crippen LogP contribution is 2.27. The second kappa shape index (κ2) is 5.03. The molecule has 118 valence electrons. The van der Waals surface area contributed by atoms with Gasteiger partial charge in [0.25, 0.3) is 10.0 Å². The van der Waals surface area contributed by atoms with Crippen molar-refractivity contribution in [2.45, 2.75) is 37.9 Å². The first-order valence-electron chi connectivity index (χ1n) is 6.92. The fraction of sp³-hybridized carbons (Fsp3) is 0.462. The zero-order valence-corrected chi connectivity index (χ0v) is 13.5. The maximum atomic E-state index is 12.7.